The Kier molecular flexibility index (Phi) is 7.21. The number of amides is 1. The van der Waals surface area contributed by atoms with E-state index in [0.29, 0.717) is 22.9 Å². The second kappa shape index (κ2) is 9.39. The molecule has 0 saturated carbocycles. The van der Waals surface area contributed by atoms with E-state index < -0.39 is 0 Å². The van der Waals surface area contributed by atoms with Gasteiger partial charge in [-0.25, -0.2) is 4.98 Å². The quantitative estimate of drug-likeness (QED) is 0.752. The summed E-state index contributed by atoms with van der Waals surface area (Å²) in [5, 5.41) is 3.89. The van der Waals surface area contributed by atoms with Crippen molar-refractivity contribution >= 4 is 22.9 Å². The summed E-state index contributed by atoms with van der Waals surface area (Å²) in [7, 11) is 0. The van der Waals surface area contributed by atoms with Gasteiger partial charge in [0.15, 0.2) is 0 Å². The van der Waals surface area contributed by atoms with Crippen molar-refractivity contribution in [1.29, 1.82) is 0 Å². The van der Waals surface area contributed by atoms with E-state index in [0.717, 1.165) is 31.1 Å². The molecule has 130 valence electrons. The summed E-state index contributed by atoms with van der Waals surface area (Å²) >= 11 is 1.42. The minimum atomic E-state index is -0.146. The predicted octanol–water partition coefficient (Wildman–Crippen LogP) is 3.68. The zero-order chi connectivity index (χ0) is 17.4. The molecule has 6 heteroatoms. The van der Waals surface area contributed by atoms with Crippen LogP contribution in [0.2, 0.25) is 0 Å². The maximum atomic E-state index is 12.4. The number of likely N-dealkylation sites (N-methyl/N-ethyl adjacent to an activating group) is 1. The van der Waals surface area contributed by atoms with E-state index in [1.807, 2.05) is 31.2 Å². The van der Waals surface area contributed by atoms with Crippen LogP contribution in [-0.4, -0.2) is 42.0 Å². The Bertz CT molecular complexity index is 653. The Labute approximate surface area is 147 Å². The molecular formula is C18H25N3O2S. The third-order valence-electron chi connectivity index (χ3n) is 3.77. The molecule has 1 aromatic heterocycles. The number of rotatable bonds is 9. The number of aromatic nitrogens is 1. The van der Waals surface area contributed by atoms with Crippen LogP contribution in [-0.2, 0) is 6.42 Å². The first-order valence-electron chi connectivity index (χ1n) is 8.38. The molecule has 0 bridgehead atoms. The van der Waals surface area contributed by atoms with E-state index in [9.17, 15) is 4.79 Å². The van der Waals surface area contributed by atoms with Gasteiger partial charge < -0.3 is 15.0 Å². The molecule has 0 atom stereocenters. The number of nitrogens with one attached hydrogen (secondary N) is 1. The lowest BCUT2D eigenvalue weighted by atomic mass is 10.3. The van der Waals surface area contributed by atoms with Crippen LogP contribution < -0.4 is 10.1 Å². The predicted molar refractivity (Wildman–Crippen MR) is 99.2 cm³/mol. The first-order valence-corrected chi connectivity index (χ1v) is 9.19. The minimum absolute atomic E-state index is 0.146. The first kappa shape index (κ1) is 18.4. The molecule has 1 N–H and O–H groups in total. The summed E-state index contributed by atoms with van der Waals surface area (Å²) < 4.78 is 5.87. The summed E-state index contributed by atoms with van der Waals surface area (Å²) in [5.41, 5.74) is 0.688. The molecule has 1 heterocycles. The third kappa shape index (κ3) is 5.04. The number of nitrogens with zero attached hydrogens (tertiary/aromatic N) is 2. The molecule has 24 heavy (non-hydrogen) atoms. The van der Waals surface area contributed by atoms with Crippen molar-refractivity contribution in [3.8, 4) is 5.75 Å². The van der Waals surface area contributed by atoms with E-state index in [2.05, 4.69) is 29.0 Å². The van der Waals surface area contributed by atoms with Gasteiger partial charge in [-0.05, 0) is 31.6 Å². The summed E-state index contributed by atoms with van der Waals surface area (Å²) in [4.78, 5) is 19.5. The van der Waals surface area contributed by atoms with Gasteiger partial charge in [0.2, 0.25) is 0 Å². The number of ether oxygens (including phenoxy) is 1. The van der Waals surface area contributed by atoms with E-state index in [1.165, 1.54) is 11.3 Å². The Morgan fingerprint density at radius 2 is 2.00 bits per heavy atom. The van der Waals surface area contributed by atoms with Crippen LogP contribution in [0, 0.1) is 0 Å². The van der Waals surface area contributed by atoms with Crippen molar-refractivity contribution in [3.63, 3.8) is 0 Å². The van der Waals surface area contributed by atoms with Gasteiger partial charge in [-0.15, -0.1) is 11.3 Å². The fraction of sp³-hybridized carbons (Fsp3) is 0.444. The maximum absolute atomic E-state index is 12.4. The normalized spacial score (nSPS) is 10.8. The number of benzene rings is 1. The van der Waals surface area contributed by atoms with Crippen LogP contribution in [0.1, 0.15) is 35.5 Å². The number of carbonyl (C=O) groups excluding carboxylic acids is 1. The Morgan fingerprint density at radius 3 is 2.67 bits per heavy atom. The average molecular weight is 347 g/mol. The summed E-state index contributed by atoms with van der Waals surface area (Å²) in [6.07, 6.45) is 2.46. The number of aryl methyl sites for hydroxylation is 1. The molecular weight excluding hydrogens is 322 g/mol. The zero-order valence-corrected chi connectivity index (χ0v) is 15.4. The van der Waals surface area contributed by atoms with Crippen LogP contribution in [0.15, 0.2) is 30.5 Å². The molecule has 5 nitrogen and oxygen atoms in total. The first-order chi connectivity index (χ1) is 11.7. The SMILES string of the molecule is CCc1ncc(C(=O)Nc2ccccc2OCCN(CC)CC)s1. The molecule has 0 aliphatic heterocycles. The number of para-hydroxylation sites is 2. The van der Waals surface area contributed by atoms with Crippen molar-refractivity contribution in [2.24, 2.45) is 0 Å². The Balaban J connectivity index is 1.99. The van der Waals surface area contributed by atoms with Gasteiger partial charge in [-0.3, -0.25) is 4.79 Å². The van der Waals surface area contributed by atoms with Crippen LogP contribution in [0.3, 0.4) is 0 Å². The van der Waals surface area contributed by atoms with Crippen molar-refractivity contribution in [1.82, 2.24) is 9.88 Å². The number of thiazole rings is 1. The highest BCUT2D eigenvalue weighted by molar-refractivity contribution is 7.13. The number of anilines is 1. The second-order valence-corrected chi connectivity index (χ2v) is 6.41. The fourth-order valence-electron chi connectivity index (χ4n) is 2.28. The maximum Gasteiger partial charge on any atom is 0.267 e. The molecule has 0 fully saturated rings. The number of hydrogen-bond acceptors (Lipinski definition) is 5. The molecule has 2 aromatic rings. The van der Waals surface area contributed by atoms with E-state index in [4.69, 9.17) is 4.74 Å². The molecule has 0 unspecified atom stereocenters. The van der Waals surface area contributed by atoms with Gasteiger partial charge in [-0.2, -0.15) is 0 Å². The molecule has 0 radical (unpaired) electrons. The van der Waals surface area contributed by atoms with E-state index in [-0.39, 0.29) is 5.91 Å². The van der Waals surface area contributed by atoms with Crippen molar-refractivity contribution in [2.45, 2.75) is 27.2 Å². The summed E-state index contributed by atoms with van der Waals surface area (Å²) in [6, 6.07) is 7.52. The van der Waals surface area contributed by atoms with Crippen LogP contribution in [0.5, 0.6) is 5.75 Å². The standard InChI is InChI=1S/C18H25N3O2S/c1-4-17-19-13-16(24-17)18(22)20-14-9-7-8-10-15(14)23-12-11-21(5-2)6-3/h7-10,13H,4-6,11-12H2,1-3H3,(H,20,22). The molecule has 0 aliphatic carbocycles. The lowest BCUT2D eigenvalue weighted by Gasteiger charge is -2.19. The summed E-state index contributed by atoms with van der Waals surface area (Å²) in [6.45, 7) is 9.76. The highest BCUT2D eigenvalue weighted by Crippen LogP contribution is 2.25. The van der Waals surface area contributed by atoms with Gasteiger partial charge in [0.1, 0.15) is 17.2 Å². The lowest BCUT2D eigenvalue weighted by molar-refractivity contribution is 0.102. The largest absolute Gasteiger partial charge is 0.490 e. The van der Waals surface area contributed by atoms with Crippen LogP contribution in [0.4, 0.5) is 5.69 Å². The molecule has 1 aromatic carbocycles. The topological polar surface area (TPSA) is 54.5 Å². The highest BCUT2D eigenvalue weighted by Gasteiger charge is 2.13. The fourth-order valence-corrected chi connectivity index (χ4v) is 3.04. The van der Waals surface area contributed by atoms with Crippen molar-refractivity contribution in [3.05, 3.63) is 40.3 Å². The van der Waals surface area contributed by atoms with E-state index in [1.54, 1.807) is 6.20 Å². The monoisotopic (exact) mass is 347 g/mol. The third-order valence-corrected chi connectivity index (χ3v) is 4.92. The average Bonchev–Trinajstić information content (AvgIpc) is 3.09. The molecule has 1 amide bonds. The molecule has 2 rings (SSSR count). The van der Waals surface area contributed by atoms with Gasteiger partial charge in [0.25, 0.3) is 5.91 Å². The van der Waals surface area contributed by atoms with Gasteiger partial charge in [0.05, 0.1) is 16.9 Å². The van der Waals surface area contributed by atoms with Crippen LogP contribution in [0.25, 0.3) is 0 Å². The van der Waals surface area contributed by atoms with E-state index >= 15 is 0 Å². The zero-order valence-electron chi connectivity index (χ0n) is 14.5. The lowest BCUT2D eigenvalue weighted by Crippen LogP contribution is -2.28. The van der Waals surface area contributed by atoms with Gasteiger partial charge in [0, 0.05) is 6.54 Å². The number of carbonyl (C=O) groups is 1. The summed E-state index contributed by atoms with van der Waals surface area (Å²) in [5.74, 6) is 0.547. The smallest absolute Gasteiger partial charge is 0.267 e. The van der Waals surface area contributed by atoms with Crippen LogP contribution >= 0.6 is 11.3 Å². The van der Waals surface area contributed by atoms with Crippen molar-refractivity contribution < 1.29 is 9.53 Å². The van der Waals surface area contributed by atoms with Gasteiger partial charge >= 0.3 is 0 Å². The Hall–Kier alpha value is -1.92. The molecule has 0 spiro atoms. The second-order valence-electron chi connectivity index (χ2n) is 5.30. The highest BCUT2D eigenvalue weighted by atomic mass is 32.1. The van der Waals surface area contributed by atoms with Crippen molar-refractivity contribution in [2.75, 3.05) is 31.6 Å². The minimum Gasteiger partial charge on any atom is -0.490 e. The molecule has 0 aliphatic rings. The number of hydrogen-bond donors (Lipinski definition) is 1. The molecule has 0 saturated heterocycles. The Morgan fingerprint density at radius 1 is 1.25 bits per heavy atom. The van der Waals surface area contributed by atoms with Gasteiger partial charge in [-0.1, -0.05) is 32.9 Å².